The van der Waals surface area contributed by atoms with E-state index in [1.54, 1.807) is 0 Å². The third kappa shape index (κ3) is 4.66. The van der Waals surface area contributed by atoms with Crippen LogP contribution in [-0.4, -0.2) is 13.7 Å². The minimum Gasteiger partial charge on any atom is -0.309 e. The molecule has 12 rings (SSSR count). The molecule has 266 valence electrons. The fraction of sp³-hybridized carbons (Fsp3) is 0. The van der Waals surface area contributed by atoms with Crippen LogP contribution in [0.5, 0.6) is 0 Å². The van der Waals surface area contributed by atoms with Gasteiger partial charge in [-0.05, 0) is 59.5 Å². The van der Waals surface area contributed by atoms with Gasteiger partial charge in [0, 0.05) is 49.1 Å². The number of nitrogens with zero attached hydrogens (tertiary/aromatic N) is 3. The molecule has 12 aromatic rings. The van der Waals surface area contributed by atoms with E-state index < -0.39 is 316 Å². The molecule has 3 nitrogen and oxygen atoms in total. The summed E-state index contributed by atoms with van der Waals surface area (Å²) >= 11 is 0. The smallest absolute Gasteiger partial charge is 0.0667 e. The Balaban J connectivity index is 1.44. The maximum absolute atomic E-state index is 10.4. The third-order valence-corrected chi connectivity index (χ3v) is 9.40. The lowest BCUT2D eigenvalue weighted by atomic mass is 9.95. The number of hydrogen-bond donors (Lipinski definition) is 0. The zero-order valence-electron chi connectivity index (χ0n) is 63.3. The zero-order valence-corrected chi connectivity index (χ0v) is 28.3. The second-order valence-corrected chi connectivity index (χ2v) is 12.3. The third-order valence-electron chi connectivity index (χ3n) is 9.40. The predicted octanol–water partition coefficient (Wildman–Crippen LogP) is 14.3. The monoisotopic (exact) mass is 761 g/mol. The lowest BCUT2D eigenvalue weighted by molar-refractivity contribution is 1.16. The standard InChI is InChI=1S/C54H35N3/c1-3-17-36(18-4-1)39-25-15-26-40(37-19-5-2-6-20-37)54(39)57-49-30-14-10-24-45(49)53-50(31-16-32-51(53)57)56-48-29-13-9-23-43(48)44-34-33-38(35-52(44)56)55-46-27-11-7-21-41(46)42-22-8-12-28-47(42)55/h1-35H/i1D,2D,3D,4D,5D,6D,7D,8D,9D,10D,11D,12D,13D,14D,15D,16D,17D,18D,19D,20D,21D,22D,23D,24D,25D,26D,27D,28D,29D,30D,31D,32D,33D,34D,35D. The first-order valence-electron chi connectivity index (χ1n) is 34.3. The molecule has 0 amide bonds. The van der Waals surface area contributed by atoms with Crippen LogP contribution in [0, 0.1) is 0 Å². The highest BCUT2D eigenvalue weighted by atomic mass is 15.0. The molecule has 3 heteroatoms. The van der Waals surface area contributed by atoms with Gasteiger partial charge in [-0.2, -0.15) is 0 Å². The molecule has 0 saturated heterocycles. The van der Waals surface area contributed by atoms with Gasteiger partial charge in [-0.3, -0.25) is 0 Å². The van der Waals surface area contributed by atoms with E-state index in [9.17, 15) is 26.0 Å². The number of aromatic nitrogens is 3. The highest BCUT2D eigenvalue weighted by Crippen LogP contribution is 2.44. The molecule has 3 aromatic heterocycles. The number of para-hydroxylation sites is 5. The Morgan fingerprint density at radius 3 is 1.32 bits per heavy atom. The molecule has 0 fully saturated rings. The summed E-state index contributed by atoms with van der Waals surface area (Å²) in [4.78, 5) is 0. The first kappa shape index (κ1) is 12.7. The molecule has 0 radical (unpaired) electrons. The summed E-state index contributed by atoms with van der Waals surface area (Å²) in [5.74, 6) is 0. The summed E-state index contributed by atoms with van der Waals surface area (Å²) in [6.45, 7) is 0. The Kier molecular flexibility index (Phi) is 2.78. The van der Waals surface area contributed by atoms with Crippen LogP contribution in [0.1, 0.15) is 48.0 Å². The average molecular weight is 761 g/mol. The summed E-state index contributed by atoms with van der Waals surface area (Å²) in [6.07, 6.45) is 0. The Labute approximate surface area is 378 Å². The molecule has 9 aromatic carbocycles. The van der Waals surface area contributed by atoms with E-state index >= 15 is 0 Å². The lowest BCUT2D eigenvalue weighted by Crippen LogP contribution is -2.01. The van der Waals surface area contributed by atoms with Crippen molar-refractivity contribution < 1.29 is 48.0 Å². The number of benzene rings is 9. The van der Waals surface area contributed by atoms with Crippen LogP contribution in [0.15, 0.2) is 211 Å². The summed E-state index contributed by atoms with van der Waals surface area (Å²) < 4.78 is 325. The van der Waals surface area contributed by atoms with Gasteiger partial charge in [-0.15, -0.1) is 0 Å². The molecular weight excluding hydrogens is 691 g/mol. The Morgan fingerprint density at radius 2 is 0.737 bits per heavy atom. The van der Waals surface area contributed by atoms with E-state index in [0.717, 1.165) is 0 Å². The summed E-state index contributed by atoms with van der Waals surface area (Å²) in [5, 5.41) is -4.34. The molecule has 0 aliphatic carbocycles. The first-order valence-corrected chi connectivity index (χ1v) is 16.8. The van der Waals surface area contributed by atoms with Crippen molar-refractivity contribution in [1.82, 2.24) is 13.7 Å². The summed E-state index contributed by atoms with van der Waals surface area (Å²) in [7, 11) is 0. The minimum absolute atomic E-state index is 0.568. The van der Waals surface area contributed by atoms with E-state index in [0.29, 0.717) is 13.7 Å². The van der Waals surface area contributed by atoms with E-state index in [2.05, 4.69) is 0 Å². The first-order chi connectivity index (χ1) is 42.9. The molecule has 0 atom stereocenters. The molecule has 0 N–H and O–H groups in total. The molecule has 0 bridgehead atoms. The molecule has 0 saturated carbocycles. The SMILES string of the molecule is [2H]c1c([2H])c([2H])c(-c2c([2H])c([2H])c([2H])c(-c3c([2H])c([2H])c([2H])c([2H])c3[2H])c2-n2c3c([2H])c([2H])c([2H])c([2H])c3c3c(-n4c5c([2H])c([2H])c([2H])c([2H])c5c5c([2H])c([2H])c(-n6c7c([2H])c([2H])c([2H])c([2H])c7c7c([2H])c([2H])c([2H])c([2H])c76)c([2H])c54)c([2H])c([2H])c([2H])c32)c([2H])c1[2H]. The minimum atomic E-state index is -1.25. The van der Waals surface area contributed by atoms with Gasteiger partial charge in [-0.1, -0.05) is 163 Å². The summed E-state index contributed by atoms with van der Waals surface area (Å²) in [6, 6.07) is -37.6. The van der Waals surface area contributed by atoms with E-state index in [4.69, 9.17) is 21.9 Å². The topological polar surface area (TPSA) is 14.8 Å². The van der Waals surface area contributed by atoms with Crippen molar-refractivity contribution >= 4 is 65.4 Å². The largest absolute Gasteiger partial charge is 0.309 e. The van der Waals surface area contributed by atoms with Crippen molar-refractivity contribution in [1.29, 1.82) is 0 Å². The van der Waals surface area contributed by atoms with Crippen molar-refractivity contribution in [3.63, 3.8) is 0 Å². The van der Waals surface area contributed by atoms with Gasteiger partial charge in [0.15, 0.2) is 0 Å². The molecule has 0 spiro atoms. The Hall–Kier alpha value is -7.62. The van der Waals surface area contributed by atoms with Crippen molar-refractivity contribution in [2.24, 2.45) is 0 Å². The molecule has 0 aliphatic heterocycles. The fourth-order valence-corrected chi connectivity index (χ4v) is 7.17. The van der Waals surface area contributed by atoms with Crippen molar-refractivity contribution in [2.75, 3.05) is 0 Å². The van der Waals surface area contributed by atoms with Gasteiger partial charge in [-0.25, -0.2) is 0 Å². The predicted molar refractivity (Wildman–Crippen MR) is 240 cm³/mol. The average Bonchev–Trinajstić information content (AvgIpc) is 1.50. The fourth-order valence-electron chi connectivity index (χ4n) is 7.17. The molecule has 0 aliphatic rings. The van der Waals surface area contributed by atoms with E-state index in [1.165, 1.54) is 0 Å². The summed E-state index contributed by atoms with van der Waals surface area (Å²) in [5.41, 5.74) is -12.1. The van der Waals surface area contributed by atoms with E-state index in [-0.39, 0.29) is 0 Å². The molecule has 3 heterocycles. The van der Waals surface area contributed by atoms with Crippen molar-refractivity contribution in [3.8, 4) is 39.3 Å². The highest BCUT2D eigenvalue weighted by Gasteiger charge is 2.23. The van der Waals surface area contributed by atoms with Crippen molar-refractivity contribution in [3.05, 3.63) is 211 Å². The van der Waals surface area contributed by atoms with Crippen LogP contribution in [0.4, 0.5) is 0 Å². The van der Waals surface area contributed by atoms with Crippen LogP contribution in [-0.2, 0) is 0 Å². The van der Waals surface area contributed by atoms with Crippen molar-refractivity contribution in [2.45, 2.75) is 0 Å². The second-order valence-electron chi connectivity index (χ2n) is 12.3. The van der Waals surface area contributed by atoms with Gasteiger partial charge in [0.25, 0.3) is 0 Å². The molecule has 0 unspecified atom stereocenters. The normalized spacial score (nSPS) is 20.5. The van der Waals surface area contributed by atoms with E-state index in [1.807, 2.05) is 0 Å². The number of fused-ring (bicyclic) bond motifs is 9. The highest BCUT2D eigenvalue weighted by molar-refractivity contribution is 6.17. The van der Waals surface area contributed by atoms with Crippen LogP contribution >= 0.6 is 0 Å². The molecule has 57 heavy (non-hydrogen) atoms. The van der Waals surface area contributed by atoms with Crippen LogP contribution in [0.2, 0.25) is 0 Å². The number of hydrogen-bond acceptors (Lipinski definition) is 0. The lowest BCUT2D eigenvalue weighted by Gasteiger charge is -2.19. The van der Waals surface area contributed by atoms with Crippen LogP contribution in [0.3, 0.4) is 0 Å². The Morgan fingerprint density at radius 1 is 0.298 bits per heavy atom. The van der Waals surface area contributed by atoms with Gasteiger partial charge in [0.1, 0.15) is 0 Å². The van der Waals surface area contributed by atoms with Crippen LogP contribution in [0.25, 0.3) is 105 Å². The maximum Gasteiger partial charge on any atom is 0.0667 e. The Bertz CT molecular complexity index is 5350. The van der Waals surface area contributed by atoms with Gasteiger partial charge < -0.3 is 13.7 Å². The van der Waals surface area contributed by atoms with Gasteiger partial charge in [0.2, 0.25) is 0 Å². The van der Waals surface area contributed by atoms with Gasteiger partial charge in [0.05, 0.1) is 92.5 Å². The van der Waals surface area contributed by atoms with Crippen LogP contribution < -0.4 is 0 Å². The quantitative estimate of drug-likeness (QED) is 0.166. The second kappa shape index (κ2) is 12.5. The zero-order chi connectivity index (χ0) is 67.9. The van der Waals surface area contributed by atoms with Gasteiger partial charge >= 0.3 is 0 Å². The molecular formula is C54H35N3. The number of rotatable bonds is 5. The maximum atomic E-state index is 10.4.